The van der Waals surface area contributed by atoms with Crippen LogP contribution in [0.25, 0.3) is 5.69 Å². The number of amides is 1. The fraction of sp³-hybridized carbons (Fsp3) is 0.167. The van der Waals surface area contributed by atoms with Gasteiger partial charge >= 0.3 is 0 Å². The van der Waals surface area contributed by atoms with Gasteiger partial charge in [-0.25, -0.2) is 9.82 Å². The first-order chi connectivity index (χ1) is 14.9. The van der Waals surface area contributed by atoms with Gasteiger partial charge in [0, 0.05) is 25.5 Å². The number of carbonyl (C=O) groups excluding carboxylic acids is 1. The Kier molecular flexibility index (Phi) is 5.68. The van der Waals surface area contributed by atoms with Crippen molar-refractivity contribution in [3.63, 3.8) is 0 Å². The summed E-state index contributed by atoms with van der Waals surface area (Å²) in [5, 5.41) is 4.85. The lowest BCUT2D eigenvalue weighted by Crippen LogP contribution is -2.29. The van der Waals surface area contributed by atoms with Gasteiger partial charge in [-0.3, -0.25) is 14.2 Å². The number of rotatable bonds is 5. The molecule has 31 heavy (non-hydrogen) atoms. The standard InChI is InChI=1S/C24H23FN4O2/c1-16(17-6-5-7-18(14-17)21-12-13-28(2)27-21)26-24(31)19-10-11-23(30)29(15-19)22-9-4-3-8-20(22)25/h3-16,21,27H,1-2H3,(H,26,31)/t16-,21?/m1/s1. The first kappa shape index (κ1) is 20.6. The molecule has 1 aromatic heterocycles. The topological polar surface area (TPSA) is 66.4 Å². The van der Waals surface area contributed by atoms with Crippen LogP contribution in [-0.4, -0.2) is 22.5 Å². The van der Waals surface area contributed by atoms with Gasteiger partial charge < -0.3 is 10.3 Å². The molecule has 1 aliphatic rings. The van der Waals surface area contributed by atoms with E-state index in [4.69, 9.17) is 0 Å². The van der Waals surface area contributed by atoms with Crippen molar-refractivity contribution in [3.05, 3.63) is 112 Å². The summed E-state index contributed by atoms with van der Waals surface area (Å²) >= 11 is 0. The number of para-hydroxylation sites is 1. The maximum absolute atomic E-state index is 14.1. The number of pyridine rings is 1. The summed E-state index contributed by atoms with van der Waals surface area (Å²) in [6.07, 6.45) is 5.39. The van der Waals surface area contributed by atoms with Crippen LogP contribution in [0.1, 0.15) is 40.5 Å². The van der Waals surface area contributed by atoms with Crippen LogP contribution in [-0.2, 0) is 0 Å². The zero-order valence-electron chi connectivity index (χ0n) is 17.2. The van der Waals surface area contributed by atoms with Crippen LogP contribution in [0.2, 0.25) is 0 Å². The van der Waals surface area contributed by atoms with E-state index in [0.29, 0.717) is 0 Å². The van der Waals surface area contributed by atoms with Crippen molar-refractivity contribution in [1.29, 1.82) is 0 Å². The lowest BCUT2D eigenvalue weighted by atomic mass is 10.0. The molecule has 0 aliphatic carbocycles. The summed E-state index contributed by atoms with van der Waals surface area (Å²) < 4.78 is 15.3. The molecule has 4 rings (SSSR count). The Morgan fingerprint density at radius 2 is 1.94 bits per heavy atom. The van der Waals surface area contributed by atoms with Crippen LogP contribution in [0, 0.1) is 5.82 Å². The maximum atomic E-state index is 14.1. The maximum Gasteiger partial charge on any atom is 0.255 e. The fourth-order valence-corrected chi connectivity index (χ4v) is 3.55. The van der Waals surface area contributed by atoms with E-state index in [9.17, 15) is 14.0 Å². The van der Waals surface area contributed by atoms with Gasteiger partial charge in [0.05, 0.1) is 23.3 Å². The van der Waals surface area contributed by atoms with Gasteiger partial charge in [0.25, 0.3) is 11.5 Å². The Labute approximate surface area is 179 Å². The minimum absolute atomic E-state index is 0.0807. The van der Waals surface area contributed by atoms with Crippen molar-refractivity contribution < 1.29 is 9.18 Å². The summed E-state index contributed by atoms with van der Waals surface area (Å²) in [5.41, 5.74) is 5.31. The van der Waals surface area contributed by atoms with Crippen molar-refractivity contribution in [3.8, 4) is 5.69 Å². The number of hydrogen-bond acceptors (Lipinski definition) is 4. The van der Waals surface area contributed by atoms with Crippen molar-refractivity contribution in [1.82, 2.24) is 20.3 Å². The van der Waals surface area contributed by atoms with Crippen LogP contribution < -0.4 is 16.3 Å². The molecule has 0 bridgehead atoms. The highest BCUT2D eigenvalue weighted by atomic mass is 19.1. The summed E-state index contributed by atoms with van der Waals surface area (Å²) in [6.45, 7) is 1.90. The second-order valence-electron chi connectivity index (χ2n) is 7.50. The first-order valence-electron chi connectivity index (χ1n) is 9.98. The average Bonchev–Trinajstić information content (AvgIpc) is 3.21. The SMILES string of the molecule is C[C@@H](NC(=O)c1ccc(=O)n(-c2ccccc2F)c1)c1cccc(C2C=CN(C)N2)c1. The zero-order chi connectivity index (χ0) is 22.0. The molecular formula is C24H23FN4O2. The molecule has 1 amide bonds. The van der Waals surface area contributed by atoms with Gasteiger partial charge in [-0.15, -0.1) is 0 Å². The van der Waals surface area contributed by atoms with Crippen LogP contribution in [0.15, 0.2) is 83.9 Å². The van der Waals surface area contributed by atoms with E-state index in [1.54, 1.807) is 12.1 Å². The Balaban J connectivity index is 1.54. The number of aromatic nitrogens is 1. The van der Waals surface area contributed by atoms with E-state index in [2.05, 4.69) is 16.8 Å². The summed E-state index contributed by atoms with van der Waals surface area (Å²) in [4.78, 5) is 25.1. The Hall–Kier alpha value is -3.71. The Morgan fingerprint density at radius 3 is 2.68 bits per heavy atom. The third-order valence-corrected chi connectivity index (χ3v) is 5.25. The smallest absolute Gasteiger partial charge is 0.255 e. The van der Waals surface area contributed by atoms with Gasteiger partial charge in [0.2, 0.25) is 0 Å². The van der Waals surface area contributed by atoms with Crippen LogP contribution in [0.3, 0.4) is 0 Å². The number of carbonyl (C=O) groups is 1. The second-order valence-corrected chi connectivity index (χ2v) is 7.50. The van der Waals surface area contributed by atoms with Crippen molar-refractivity contribution in [2.24, 2.45) is 0 Å². The van der Waals surface area contributed by atoms with E-state index >= 15 is 0 Å². The van der Waals surface area contributed by atoms with Crippen molar-refractivity contribution >= 4 is 5.91 Å². The van der Waals surface area contributed by atoms with E-state index in [-0.39, 0.29) is 29.2 Å². The normalized spacial score (nSPS) is 16.4. The number of nitrogens with one attached hydrogen (secondary N) is 2. The fourth-order valence-electron chi connectivity index (χ4n) is 3.55. The molecule has 0 saturated carbocycles. The van der Waals surface area contributed by atoms with Crippen molar-refractivity contribution in [2.75, 3.05) is 7.05 Å². The number of halogens is 1. The largest absolute Gasteiger partial charge is 0.345 e. The van der Waals surface area contributed by atoms with E-state index in [0.717, 1.165) is 15.7 Å². The lowest BCUT2D eigenvalue weighted by Gasteiger charge is -2.19. The van der Waals surface area contributed by atoms with Crippen molar-refractivity contribution in [2.45, 2.75) is 19.0 Å². The molecule has 158 valence electrons. The lowest BCUT2D eigenvalue weighted by molar-refractivity contribution is 0.0939. The summed E-state index contributed by atoms with van der Waals surface area (Å²) in [7, 11) is 1.93. The minimum Gasteiger partial charge on any atom is -0.345 e. The minimum atomic E-state index is -0.535. The highest BCUT2D eigenvalue weighted by Crippen LogP contribution is 2.23. The van der Waals surface area contributed by atoms with E-state index in [1.165, 1.54) is 30.5 Å². The van der Waals surface area contributed by atoms with Crippen LogP contribution in [0.4, 0.5) is 4.39 Å². The molecule has 6 nitrogen and oxygen atoms in total. The molecule has 3 aromatic rings. The third-order valence-electron chi connectivity index (χ3n) is 5.25. The summed E-state index contributed by atoms with van der Waals surface area (Å²) in [6, 6.07) is 16.5. The molecule has 2 atom stereocenters. The van der Waals surface area contributed by atoms with Gasteiger partial charge in [0.15, 0.2) is 0 Å². The molecule has 2 N–H and O–H groups in total. The van der Waals surface area contributed by atoms with Gasteiger partial charge in [-0.05, 0) is 42.3 Å². The van der Waals surface area contributed by atoms with Gasteiger partial charge in [-0.2, -0.15) is 0 Å². The Bertz CT molecular complexity index is 1200. The highest BCUT2D eigenvalue weighted by molar-refractivity contribution is 5.94. The van der Waals surface area contributed by atoms with Crippen LogP contribution in [0.5, 0.6) is 0 Å². The predicted molar refractivity (Wildman–Crippen MR) is 117 cm³/mol. The molecule has 0 saturated heterocycles. The van der Waals surface area contributed by atoms with E-state index in [1.807, 2.05) is 49.4 Å². The van der Waals surface area contributed by atoms with E-state index < -0.39 is 11.4 Å². The molecular weight excluding hydrogens is 395 g/mol. The number of nitrogens with zero attached hydrogens (tertiary/aromatic N) is 2. The molecule has 1 aliphatic heterocycles. The average molecular weight is 418 g/mol. The third kappa shape index (κ3) is 4.41. The predicted octanol–water partition coefficient (Wildman–Crippen LogP) is 3.47. The van der Waals surface area contributed by atoms with Crippen LogP contribution >= 0.6 is 0 Å². The molecule has 7 heteroatoms. The molecule has 2 heterocycles. The Morgan fingerprint density at radius 1 is 1.13 bits per heavy atom. The molecule has 0 fully saturated rings. The molecule has 1 unspecified atom stereocenters. The number of hydrazine groups is 1. The number of hydrogen-bond donors (Lipinski definition) is 2. The molecule has 0 spiro atoms. The zero-order valence-corrected chi connectivity index (χ0v) is 17.2. The summed E-state index contributed by atoms with van der Waals surface area (Å²) in [5.74, 6) is -0.880. The van der Waals surface area contributed by atoms with Gasteiger partial charge in [0.1, 0.15) is 5.82 Å². The number of benzene rings is 2. The molecule has 2 aromatic carbocycles. The second kappa shape index (κ2) is 8.57. The monoisotopic (exact) mass is 418 g/mol. The first-order valence-corrected chi connectivity index (χ1v) is 9.98. The van der Waals surface area contributed by atoms with Gasteiger partial charge in [-0.1, -0.05) is 36.4 Å². The molecule has 0 radical (unpaired) electrons. The quantitative estimate of drug-likeness (QED) is 0.666. The highest BCUT2D eigenvalue weighted by Gasteiger charge is 2.17.